The summed E-state index contributed by atoms with van der Waals surface area (Å²) in [5.41, 5.74) is 2.96. The van der Waals surface area contributed by atoms with Crippen LogP contribution in [0.25, 0.3) is 0 Å². The third-order valence-electron chi connectivity index (χ3n) is 3.52. The SMILES string of the molecule is CCNC(Cc1cccc(Cl)c1Cl)c1cc(F)ccc1C. The minimum absolute atomic E-state index is 0.00154. The topological polar surface area (TPSA) is 12.0 Å². The van der Waals surface area contributed by atoms with Crippen LogP contribution in [0.15, 0.2) is 36.4 Å². The summed E-state index contributed by atoms with van der Waals surface area (Å²) < 4.78 is 13.6. The van der Waals surface area contributed by atoms with Gasteiger partial charge in [0.25, 0.3) is 0 Å². The maximum Gasteiger partial charge on any atom is 0.123 e. The molecule has 0 saturated carbocycles. The van der Waals surface area contributed by atoms with Gasteiger partial charge >= 0.3 is 0 Å². The van der Waals surface area contributed by atoms with Gasteiger partial charge in [0, 0.05) is 6.04 Å². The fourth-order valence-electron chi connectivity index (χ4n) is 2.45. The second-order valence-corrected chi connectivity index (χ2v) is 5.81. The summed E-state index contributed by atoms with van der Waals surface area (Å²) in [6.07, 6.45) is 0.664. The van der Waals surface area contributed by atoms with E-state index < -0.39 is 0 Å². The molecule has 0 aliphatic heterocycles. The summed E-state index contributed by atoms with van der Waals surface area (Å²) in [7, 11) is 0. The summed E-state index contributed by atoms with van der Waals surface area (Å²) in [4.78, 5) is 0. The molecular formula is C17H18Cl2FN. The van der Waals surface area contributed by atoms with E-state index >= 15 is 0 Å². The van der Waals surface area contributed by atoms with Crippen molar-refractivity contribution in [2.45, 2.75) is 26.3 Å². The molecule has 2 rings (SSSR count). The van der Waals surface area contributed by atoms with Crippen LogP contribution >= 0.6 is 23.2 Å². The molecule has 0 fully saturated rings. The highest BCUT2D eigenvalue weighted by Gasteiger charge is 2.16. The Labute approximate surface area is 135 Å². The summed E-state index contributed by atoms with van der Waals surface area (Å²) in [5, 5.41) is 4.50. The molecule has 112 valence electrons. The van der Waals surface area contributed by atoms with Gasteiger partial charge < -0.3 is 5.32 Å². The second kappa shape index (κ2) is 7.26. The van der Waals surface area contributed by atoms with Gasteiger partial charge in [0.05, 0.1) is 10.0 Å². The smallest absolute Gasteiger partial charge is 0.123 e. The maximum absolute atomic E-state index is 13.6. The van der Waals surface area contributed by atoms with Gasteiger partial charge in [-0.05, 0) is 54.8 Å². The van der Waals surface area contributed by atoms with E-state index in [1.165, 1.54) is 6.07 Å². The highest BCUT2D eigenvalue weighted by Crippen LogP contribution is 2.30. The van der Waals surface area contributed by atoms with Crippen LogP contribution in [0, 0.1) is 12.7 Å². The highest BCUT2D eigenvalue weighted by molar-refractivity contribution is 6.42. The largest absolute Gasteiger partial charge is 0.310 e. The van der Waals surface area contributed by atoms with E-state index in [1.807, 2.05) is 26.0 Å². The van der Waals surface area contributed by atoms with Crippen LogP contribution in [-0.4, -0.2) is 6.54 Å². The third kappa shape index (κ3) is 3.97. The Morgan fingerprint density at radius 1 is 1.19 bits per heavy atom. The van der Waals surface area contributed by atoms with Crippen molar-refractivity contribution in [1.29, 1.82) is 0 Å². The first kappa shape index (κ1) is 16.3. The summed E-state index contributed by atoms with van der Waals surface area (Å²) in [6, 6.07) is 10.5. The van der Waals surface area contributed by atoms with Crippen LogP contribution in [0.4, 0.5) is 4.39 Å². The number of hydrogen-bond acceptors (Lipinski definition) is 1. The molecule has 4 heteroatoms. The van der Waals surface area contributed by atoms with Gasteiger partial charge in [-0.2, -0.15) is 0 Å². The molecule has 0 amide bonds. The van der Waals surface area contributed by atoms with Crippen molar-refractivity contribution in [3.05, 3.63) is 69.0 Å². The van der Waals surface area contributed by atoms with Crippen LogP contribution in [0.5, 0.6) is 0 Å². The zero-order chi connectivity index (χ0) is 15.4. The number of rotatable bonds is 5. The Balaban J connectivity index is 2.35. The van der Waals surface area contributed by atoms with E-state index in [2.05, 4.69) is 5.32 Å². The average Bonchev–Trinajstić information content (AvgIpc) is 2.46. The number of aryl methyl sites for hydroxylation is 1. The van der Waals surface area contributed by atoms with Crippen molar-refractivity contribution < 1.29 is 4.39 Å². The molecule has 21 heavy (non-hydrogen) atoms. The molecule has 1 atom stereocenters. The minimum atomic E-state index is -0.226. The molecule has 1 N–H and O–H groups in total. The molecule has 0 spiro atoms. The van der Waals surface area contributed by atoms with Gasteiger partial charge in [-0.3, -0.25) is 0 Å². The van der Waals surface area contributed by atoms with Crippen LogP contribution in [0.1, 0.15) is 29.7 Å². The predicted octanol–water partition coefficient (Wildman–Crippen LogP) is 5.33. The third-order valence-corrected chi connectivity index (χ3v) is 4.38. The quantitative estimate of drug-likeness (QED) is 0.782. The van der Waals surface area contributed by atoms with E-state index in [4.69, 9.17) is 23.2 Å². The Bertz CT molecular complexity index is 628. The first-order chi connectivity index (χ1) is 10.0. The summed E-state index contributed by atoms with van der Waals surface area (Å²) in [5.74, 6) is -0.226. The van der Waals surface area contributed by atoms with Crippen molar-refractivity contribution in [3.8, 4) is 0 Å². The van der Waals surface area contributed by atoms with Crippen molar-refractivity contribution in [2.75, 3.05) is 6.54 Å². The Morgan fingerprint density at radius 2 is 1.95 bits per heavy atom. The Hall–Kier alpha value is -1.09. The lowest BCUT2D eigenvalue weighted by atomic mass is 9.95. The van der Waals surface area contributed by atoms with Crippen molar-refractivity contribution >= 4 is 23.2 Å². The molecule has 0 aliphatic carbocycles. The van der Waals surface area contributed by atoms with Gasteiger partial charge in [0.1, 0.15) is 5.82 Å². The molecule has 0 aromatic heterocycles. The molecule has 0 radical (unpaired) electrons. The Kier molecular flexibility index (Phi) is 5.63. The highest BCUT2D eigenvalue weighted by atomic mass is 35.5. The molecule has 2 aromatic carbocycles. The lowest BCUT2D eigenvalue weighted by molar-refractivity contribution is 0.540. The molecule has 0 bridgehead atoms. The van der Waals surface area contributed by atoms with Gasteiger partial charge in [0.2, 0.25) is 0 Å². The van der Waals surface area contributed by atoms with Crippen LogP contribution in [-0.2, 0) is 6.42 Å². The van der Waals surface area contributed by atoms with E-state index in [1.54, 1.807) is 18.2 Å². The number of hydrogen-bond donors (Lipinski definition) is 1. The standard InChI is InChI=1S/C17H18Cl2FN/c1-3-21-16(14-10-13(20)8-7-11(14)2)9-12-5-4-6-15(18)17(12)19/h4-8,10,16,21H,3,9H2,1-2H3. The monoisotopic (exact) mass is 325 g/mol. The predicted molar refractivity (Wildman–Crippen MR) is 87.7 cm³/mol. The second-order valence-electron chi connectivity index (χ2n) is 5.03. The average molecular weight is 326 g/mol. The fourth-order valence-corrected chi connectivity index (χ4v) is 2.85. The van der Waals surface area contributed by atoms with E-state index in [0.717, 1.165) is 23.2 Å². The molecular weight excluding hydrogens is 308 g/mol. The zero-order valence-electron chi connectivity index (χ0n) is 12.1. The molecule has 2 aromatic rings. The van der Waals surface area contributed by atoms with Gasteiger partial charge in [-0.25, -0.2) is 4.39 Å². The zero-order valence-corrected chi connectivity index (χ0v) is 13.6. The van der Waals surface area contributed by atoms with Gasteiger partial charge in [0.15, 0.2) is 0 Å². The number of halogens is 3. The molecule has 1 nitrogen and oxygen atoms in total. The first-order valence-corrected chi connectivity index (χ1v) is 7.70. The number of likely N-dealkylation sites (N-methyl/N-ethyl adjacent to an activating group) is 1. The minimum Gasteiger partial charge on any atom is -0.310 e. The van der Waals surface area contributed by atoms with E-state index in [0.29, 0.717) is 16.5 Å². The molecule has 0 heterocycles. The fraction of sp³-hybridized carbons (Fsp3) is 0.294. The van der Waals surface area contributed by atoms with Crippen molar-refractivity contribution in [3.63, 3.8) is 0 Å². The van der Waals surface area contributed by atoms with Gasteiger partial charge in [-0.1, -0.05) is 48.3 Å². The summed E-state index contributed by atoms with van der Waals surface area (Å²) in [6.45, 7) is 4.80. The normalized spacial score (nSPS) is 12.4. The lowest BCUT2D eigenvalue weighted by Crippen LogP contribution is -2.24. The number of nitrogens with one attached hydrogen (secondary N) is 1. The van der Waals surface area contributed by atoms with E-state index in [9.17, 15) is 4.39 Å². The van der Waals surface area contributed by atoms with Crippen LogP contribution in [0.2, 0.25) is 10.0 Å². The van der Waals surface area contributed by atoms with Crippen molar-refractivity contribution in [1.82, 2.24) is 5.32 Å². The van der Waals surface area contributed by atoms with E-state index in [-0.39, 0.29) is 11.9 Å². The number of benzene rings is 2. The van der Waals surface area contributed by atoms with Crippen molar-refractivity contribution in [2.24, 2.45) is 0 Å². The summed E-state index contributed by atoms with van der Waals surface area (Å²) >= 11 is 12.3. The molecule has 0 aliphatic rings. The lowest BCUT2D eigenvalue weighted by Gasteiger charge is -2.21. The Morgan fingerprint density at radius 3 is 2.67 bits per heavy atom. The molecule has 0 saturated heterocycles. The maximum atomic E-state index is 13.6. The van der Waals surface area contributed by atoms with Crippen LogP contribution < -0.4 is 5.32 Å². The first-order valence-electron chi connectivity index (χ1n) is 6.95. The van der Waals surface area contributed by atoms with Crippen LogP contribution in [0.3, 0.4) is 0 Å². The van der Waals surface area contributed by atoms with Gasteiger partial charge in [-0.15, -0.1) is 0 Å². The molecule has 1 unspecified atom stereocenters.